The van der Waals surface area contributed by atoms with Crippen molar-refractivity contribution < 1.29 is 0 Å². The molecule has 2 rings (SSSR count). The quantitative estimate of drug-likeness (QED) is 0.765. The first kappa shape index (κ1) is 13.4. The summed E-state index contributed by atoms with van der Waals surface area (Å²) in [5.41, 5.74) is 6.43. The fourth-order valence-corrected chi connectivity index (χ4v) is 4.01. The van der Waals surface area contributed by atoms with Gasteiger partial charge in [0.1, 0.15) is 0 Å². The van der Waals surface area contributed by atoms with Crippen LogP contribution in [0.4, 0.5) is 0 Å². The predicted octanol–water partition coefficient (Wildman–Crippen LogP) is 4.50. The lowest BCUT2D eigenvalue weighted by molar-refractivity contribution is 0.225. The lowest BCUT2D eigenvalue weighted by atomic mass is 9.76. The van der Waals surface area contributed by atoms with Gasteiger partial charge in [0.2, 0.25) is 0 Å². The first-order valence-corrected chi connectivity index (χ1v) is 8.01. The van der Waals surface area contributed by atoms with Gasteiger partial charge >= 0.3 is 0 Å². The highest BCUT2D eigenvalue weighted by Crippen LogP contribution is 2.33. The summed E-state index contributed by atoms with van der Waals surface area (Å²) >= 11 is 0. The molecule has 0 aromatic carbocycles. The normalized spacial score (nSPS) is 33.5. The van der Waals surface area contributed by atoms with E-state index < -0.39 is 0 Å². The minimum atomic E-state index is 0.500. The summed E-state index contributed by atoms with van der Waals surface area (Å²) < 4.78 is 0. The Labute approximate surface area is 108 Å². The van der Waals surface area contributed by atoms with Crippen molar-refractivity contribution in [3.05, 3.63) is 0 Å². The molecule has 17 heavy (non-hydrogen) atoms. The Morgan fingerprint density at radius 1 is 1.00 bits per heavy atom. The van der Waals surface area contributed by atoms with Crippen molar-refractivity contribution in [2.45, 2.75) is 83.6 Å². The molecule has 2 N–H and O–H groups in total. The van der Waals surface area contributed by atoms with Gasteiger partial charge in [-0.25, -0.2) is 0 Å². The van der Waals surface area contributed by atoms with Crippen LogP contribution in [0.3, 0.4) is 0 Å². The van der Waals surface area contributed by atoms with Crippen molar-refractivity contribution in [3.8, 4) is 0 Å². The SMILES string of the molecule is CC1CCCC(C(N)CCC2CCCCC2)C1. The zero-order valence-electron chi connectivity index (χ0n) is 11.7. The molecule has 3 atom stereocenters. The molecule has 2 aliphatic rings. The molecule has 0 saturated heterocycles. The van der Waals surface area contributed by atoms with Gasteiger partial charge in [-0.05, 0) is 43.4 Å². The smallest absolute Gasteiger partial charge is 0.00673 e. The van der Waals surface area contributed by atoms with Crippen LogP contribution < -0.4 is 5.73 Å². The van der Waals surface area contributed by atoms with Crippen LogP contribution in [0, 0.1) is 17.8 Å². The van der Waals surface area contributed by atoms with Crippen LogP contribution >= 0.6 is 0 Å². The van der Waals surface area contributed by atoms with Crippen LogP contribution in [0.1, 0.15) is 77.6 Å². The monoisotopic (exact) mass is 237 g/mol. The molecule has 0 aromatic heterocycles. The molecule has 0 aliphatic heterocycles. The van der Waals surface area contributed by atoms with Gasteiger partial charge in [0.25, 0.3) is 0 Å². The average Bonchev–Trinajstić information content (AvgIpc) is 2.37. The number of hydrogen-bond acceptors (Lipinski definition) is 1. The van der Waals surface area contributed by atoms with E-state index in [-0.39, 0.29) is 0 Å². The second-order valence-electron chi connectivity index (χ2n) is 6.78. The molecule has 2 aliphatic carbocycles. The summed E-state index contributed by atoms with van der Waals surface area (Å²) in [5.74, 6) is 2.77. The Kier molecular flexibility index (Phi) is 5.34. The van der Waals surface area contributed by atoms with E-state index in [1.54, 1.807) is 0 Å². The van der Waals surface area contributed by atoms with Gasteiger partial charge in [-0.15, -0.1) is 0 Å². The highest BCUT2D eigenvalue weighted by Gasteiger charge is 2.25. The summed E-state index contributed by atoms with van der Waals surface area (Å²) in [6.45, 7) is 2.40. The molecule has 0 spiro atoms. The number of hydrogen-bond donors (Lipinski definition) is 1. The van der Waals surface area contributed by atoms with Crippen molar-refractivity contribution in [2.24, 2.45) is 23.5 Å². The van der Waals surface area contributed by atoms with E-state index in [0.717, 1.165) is 17.8 Å². The molecule has 2 saturated carbocycles. The van der Waals surface area contributed by atoms with E-state index in [1.807, 2.05) is 0 Å². The Hall–Kier alpha value is -0.0400. The third kappa shape index (κ3) is 4.28. The van der Waals surface area contributed by atoms with Gasteiger partial charge in [0, 0.05) is 6.04 Å². The Bertz CT molecular complexity index is 208. The van der Waals surface area contributed by atoms with Gasteiger partial charge in [-0.3, -0.25) is 0 Å². The summed E-state index contributed by atoms with van der Waals surface area (Å²) in [5, 5.41) is 0. The van der Waals surface area contributed by atoms with Crippen molar-refractivity contribution >= 4 is 0 Å². The number of rotatable bonds is 4. The van der Waals surface area contributed by atoms with E-state index in [4.69, 9.17) is 5.73 Å². The van der Waals surface area contributed by atoms with E-state index in [0.29, 0.717) is 6.04 Å². The molecule has 1 nitrogen and oxygen atoms in total. The zero-order valence-corrected chi connectivity index (χ0v) is 11.7. The van der Waals surface area contributed by atoms with Gasteiger partial charge in [0.15, 0.2) is 0 Å². The van der Waals surface area contributed by atoms with Crippen molar-refractivity contribution in [1.82, 2.24) is 0 Å². The van der Waals surface area contributed by atoms with Crippen LogP contribution in [0.15, 0.2) is 0 Å². The zero-order chi connectivity index (χ0) is 12.1. The maximum Gasteiger partial charge on any atom is 0.00673 e. The van der Waals surface area contributed by atoms with Crippen LogP contribution in [0.5, 0.6) is 0 Å². The standard InChI is InChI=1S/C16H31N/c1-13-6-5-9-15(12-13)16(17)11-10-14-7-3-2-4-8-14/h13-16H,2-12,17H2,1H3. The Morgan fingerprint density at radius 3 is 2.47 bits per heavy atom. The highest BCUT2D eigenvalue weighted by molar-refractivity contribution is 4.80. The van der Waals surface area contributed by atoms with E-state index >= 15 is 0 Å². The Balaban J connectivity index is 1.67. The Morgan fingerprint density at radius 2 is 1.76 bits per heavy atom. The largest absolute Gasteiger partial charge is 0.327 e. The first-order chi connectivity index (χ1) is 8.25. The molecule has 0 heterocycles. The maximum absolute atomic E-state index is 6.43. The maximum atomic E-state index is 6.43. The van der Waals surface area contributed by atoms with E-state index in [2.05, 4.69) is 6.92 Å². The molecule has 0 radical (unpaired) electrons. The summed E-state index contributed by atoms with van der Waals surface area (Å²) in [4.78, 5) is 0. The van der Waals surface area contributed by atoms with Gasteiger partial charge in [0.05, 0.1) is 0 Å². The van der Waals surface area contributed by atoms with Crippen molar-refractivity contribution in [2.75, 3.05) is 0 Å². The third-order valence-corrected chi connectivity index (χ3v) is 5.22. The molecular weight excluding hydrogens is 206 g/mol. The summed E-state index contributed by atoms with van der Waals surface area (Å²) in [6, 6.07) is 0.500. The fourth-order valence-electron chi connectivity index (χ4n) is 4.01. The predicted molar refractivity (Wildman–Crippen MR) is 74.9 cm³/mol. The lowest BCUT2D eigenvalue weighted by Crippen LogP contribution is -2.33. The third-order valence-electron chi connectivity index (χ3n) is 5.22. The summed E-state index contributed by atoms with van der Waals surface area (Å²) in [6.07, 6.45) is 15.7. The summed E-state index contributed by atoms with van der Waals surface area (Å²) in [7, 11) is 0. The van der Waals surface area contributed by atoms with Crippen molar-refractivity contribution in [1.29, 1.82) is 0 Å². The molecule has 0 amide bonds. The highest BCUT2D eigenvalue weighted by atomic mass is 14.7. The van der Waals surface area contributed by atoms with Gasteiger partial charge in [-0.1, -0.05) is 51.9 Å². The fraction of sp³-hybridized carbons (Fsp3) is 1.00. The topological polar surface area (TPSA) is 26.0 Å². The van der Waals surface area contributed by atoms with Crippen molar-refractivity contribution in [3.63, 3.8) is 0 Å². The molecular formula is C16H31N. The molecule has 1 heteroatoms. The van der Waals surface area contributed by atoms with Gasteiger partial charge in [-0.2, -0.15) is 0 Å². The molecule has 2 fully saturated rings. The first-order valence-electron chi connectivity index (χ1n) is 8.01. The average molecular weight is 237 g/mol. The van der Waals surface area contributed by atoms with Crippen LogP contribution in [0.2, 0.25) is 0 Å². The second-order valence-corrected chi connectivity index (χ2v) is 6.78. The minimum absolute atomic E-state index is 0.500. The molecule has 100 valence electrons. The minimum Gasteiger partial charge on any atom is -0.327 e. The van der Waals surface area contributed by atoms with Crippen LogP contribution in [-0.2, 0) is 0 Å². The van der Waals surface area contributed by atoms with E-state index in [9.17, 15) is 0 Å². The van der Waals surface area contributed by atoms with E-state index in [1.165, 1.54) is 70.6 Å². The molecule has 0 bridgehead atoms. The lowest BCUT2D eigenvalue weighted by Gasteiger charge is -2.32. The van der Waals surface area contributed by atoms with Crippen LogP contribution in [-0.4, -0.2) is 6.04 Å². The second kappa shape index (κ2) is 6.78. The van der Waals surface area contributed by atoms with Crippen LogP contribution in [0.25, 0.3) is 0 Å². The molecule has 3 unspecified atom stereocenters. The molecule has 0 aromatic rings. The number of nitrogens with two attached hydrogens (primary N) is 1. The van der Waals surface area contributed by atoms with Gasteiger partial charge < -0.3 is 5.73 Å².